The third kappa shape index (κ3) is 3.37. The molecule has 2 N–H and O–H groups in total. The van der Waals surface area contributed by atoms with E-state index in [0.717, 1.165) is 10.2 Å². The summed E-state index contributed by atoms with van der Waals surface area (Å²) in [6.07, 6.45) is 0. The highest BCUT2D eigenvalue weighted by atomic mass is 79.9. The summed E-state index contributed by atoms with van der Waals surface area (Å²) in [4.78, 5) is 11.0. The van der Waals surface area contributed by atoms with Gasteiger partial charge in [0.2, 0.25) is 5.91 Å². The molecule has 0 unspecified atom stereocenters. The zero-order valence-corrected chi connectivity index (χ0v) is 12.4. The summed E-state index contributed by atoms with van der Waals surface area (Å²) in [6.45, 7) is 1.46. The summed E-state index contributed by atoms with van der Waals surface area (Å²) >= 11 is 3.35. The van der Waals surface area contributed by atoms with Crippen LogP contribution < -0.4 is 10.6 Å². The first kappa shape index (κ1) is 14.1. The lowest BCUT2D eigenvalue weighted by molar-refractivity contribution is -0.114. The highest BCUT2D eigenvalue weighted by Crippen LogP contribution is 2.27. The van der Waals surface area contributed by atoms with Gasteiger partial charge < -0.3 is 10.6 Å². The first-order chi connectivity index (χ1) is 9.60. The van der Waals surface area contributed by atoms with Crippen molar-refractivity contribution < 1.29 is 4.79 Å². The van der Waals surface area contributed by atoms with E-state index in [0.29, 0.717) is 16.9 Å². The Hall–Kier alpha value is -2.32. The van der Waals surface area contributed by atoms with Crippen LogP contribution >= 0.6 is 15.9 Å². The van der Waals surface area contributed by atoms with Crippen LogP contribution in [0.15, 0.2) is 46.9 Å². The molecule has 4 nitrogen and oxygen atoms in total. The first-order valence-electron chi connectivity index (χ1n) is 5.93. The van der Waals surface area contributed by atoms with Crippen LogP contribution in [0.3, 0.4) is 0 Å². The van der Waals surface area contributed by atoms with Gasteiger partial charge in [0.05, 0.1) is 11.3 Å². The van der Waals surface area contributed by atoms with Gasteiger partial charge in [-0.25, -0.2) is 0 Å². The maximum Gasteiger partial charge on any atom is 0.221 e. The molecule has 0 radical (unpaired) electrons. The van der Waals surface area contributed by atoms with Crippen molar-refractivity contribution in [2.45, 2.75) is 6.92 Å². The summed E-state index contributed by atoms with van der Waals surface area (Å²) in [5.41, 5.74) is 2.75. The molecule has 2 rings (SSSR count). The maximum atomic E-state index is 11.0. The summed E-state index contributed by atoms with van der Waals surface area (Å²) in [5.74, 6) is -0.123. The fraction of sp³-hybridized carbons (Fsp3) is 0.0667. The van der Waals surface area contributed by atoms with E-state index in [1.165, 1.54) is 6.92 Å². The smallest absolute Gasteiger partial charge is 0.221 e. The van der Waals surface area contributed by atoms with E-state index in [4.69, 9.17) is 0 Å². The van der Waals surface area contributed by atoms with Gasteiger partial charge in [0.1, 0.15) is 6.07 Å². The van der Waals surface area contributed by atoms with E-state index in [1.807, 2.05) is 36.4 Å². The minimum Gasteiger partial charge on any atom is -0.354 e. The van der Waals surface area contributed by atoms with Gasteiger partial charge in [0, 0.05) is 22.8 Å². The number of hydrogen-bond acceptors (Lipinski definition) is 3. The number of nitriles is 1. The molecular weight excluding hydrogens is 318 g/mol. The predicted octanol–water partition coefficient (Wildman–Crippen LogP) is 4.02. The van der Waals surface area contributed by atoms with Crippen LogP contribution in [0.1, 0.15) is 12.5 Å². The first-order valence-corrected chi connectivity index (χ1v) is 6.73. The van der Waals surface area contributed by atoms with E-state index in [2.05, 4.69) is 32.6 Å². The van der Waals surface area contributed by atoms with Gasteiger partial charge in [0.25, 0.3) is 0 Å². The monoisotopic (exact) mass is 329 g/mol. The highest BCUT2D eigenvalue weighted by Gasteiger charge is 2.06. The fourth-order valence-electron chi connectivity index (χ4n) is 1.78. The Morgan fingerprint density at radius 2 is 1.90 bits per heavy atom. The van der Waals surface area contributed by atoms with Crippen LogP contribution in [0.4, 0.5) is 17.1 Å². The van der Waals surface area contributed by atoms with Crippen LogP contribution in [0.2, 0.25) is 0 Å². The Bertz CT molecular complexity index is 692. The fourth-order valence-corrected chi connectivity index (χ4v) is 2.23. The van der Waals surface area contributed by atoms with Gasteiger partial charge in [-0.3, -0.25) is 4.79 Å². The van der Waals surface area contributed by atoms with Crippen LogP contribution in [-0.2, 0) is 4.79 Å². The van der Waals surface area contributed by atoms with Crippen molar-refractivity contribution in [2.24, 2.45) is 0 Å². The molecule has 0 saturated heterocycles. The molecule has 2 aromatic carbocycles. The van der Waals surface area contributed by atoms with Crippen LogP contribution in [0.25, 0.3) is 0 Å². The van der Waals surface area contributed by atoms with Crippen molar-refractivity contribution in [3.8, 4) is 6.07 Å². The van der Waals surface area contributed by atoms with Crippen LogP contribution in [-0.4, -0.2) is 5.91 Å². The van der Waals surface area contributed by atoms with Crippen molar-refractivity contribution in [3.63, 3.8) is 0 Å². The number of carbonyl (C=O) groups is 1. The number of benzene rings is 2. The molecule has 0 saturated carbocycles. The third-order valence-electron chi connectivity index (χ3n) is 2.59. The van der Waals surface area contributed by atoms with Gasteiger partial charge in [-0.05, 0) is 46.3 Å². The normalized spacial score (nSPS) is 9.65. The average molecular weight is 330 g/mol. The second kappa shape index (κ2) is 6.22. The predicted molar refractivity (Wildman–Crippen MR) is 82.9 cm³/mol. The molecule has 0 atom stereocenters. The molecule has 0 aliphatic carbocycles. The highest BCUT2D eigenvalue weighted by molar-refractivity contribution is 9.10. The molecule has 20 heavy (non-hydrogen) atoms. The van der Waals surface area contributed by atoms with Crippen molar-refractivity contribution >= 4 is 38.9 Å². The van der Waals surface area contributed by atoms with E-state index in [-0.39, 0.29) is 5.91 Å². The van der Waals surface area contributed by atoms with Gasteiger partial charge in [-0.1, -0.05) is 12.1 Å². The topological polar surface area (TPSA) is 64.9 Å². The summed E-state index contributed by atoms with van der Waals surface area (Å²) < 4.78 is 0.739. The minimum absolute atomic E-state index is 0.123. The maximum absolute atomic E-state index is 11.0. The number of rotatable bonds is 3. The Balaban J connectivity index is 2.29. The molecule has 1 amide bonds. The molecule has 0 bridgehead atoms. The third-order valence-corrected chi connectivity index (χ3v) is 3.25. The Morgan fingerprint density at radius 3 is 2.60 bits per heavy atom. The van der Waals surface area contributed by atoms with Crippen LogP contribution in [0, 0.1) is 11.3 Å². The minimum atomic E-state index is -0.123. The SMILES string of the molecule is CC(=O)Nc1cccc(Nc2cccc(Br)c2C#N)c1. The lowest BCUT2D eigenvalue weighted by Gasteiger charge is -2.10. The zero-order valence-electron chi connectivity index (χ0n) is 10.8. The standard InChI is InChI=1S/C15H12BrN3O/c1-10(20)18-11-4-2-5-12(8-11)19-15-7-3-6-14(16)13(15)9-17/h2-8,19H,1H3,(H,18,20). The number of amides is 1. The van der Waals surface area contributed by atoms with E-state index >= 15 is 0 Å². The van der Waals surface area contributed by atoms with E-state index in [1.54, 1.807) is 6.07 Å². The van der Waals surface area contributed by atoms with Gasteiger partial charge >= 0.3 is 0 Å². The number of hydrogen-bond donors (Lipinski definition) is 2. The molecule has 0 aliphatic heterocycles. The summed E-state index contributed by atoms with van der Waals surface area (Å²) in [5, 5.41) is 15.1. The second-order valence-corrected chi connectivity index (χ2v) is 5.02. The van der Waals surface area contributed by atoms with Crippen molar-refractivity contribution in [1.29, 1.82) is 5.26 Å². The molecule has 5 heteroatoms. The van der Waals surface area contributed by atoms with Crippen molar-refractivity contribution in [3.05, 3.63) is 52.5 Å². The van der Waals surface area contributed by atoms with E-state index < -0.39 is 0 Å². The molecule has 2 aromatic rings. The number of halogens is 1. The number of nitrogens with zero attached hydrogens (tertiary/aromatic N) is 1. The van der Waals surface area contributed by atoms with Crippen molar-refractivity contribution in [2.75, 3.05) is 10.6 Å². The lowest BCUT2D eigenvalue weighted by atomic mass is 10.2. The molecule has 0 aliphatic rings. The Morgan fingerprint density at radius 1 is 1.20 bits per heavy atom. The van der Waals surface area contributed by atoms with Gasteiger partial charge in [-0.2, -0.15) is 5.26 Å². The molecule has 0 spiro atoms. The molecule has 0 fully saturated rings. The number of carbonyl (C=O) groups excluding carboxylic acids is 1. The molecule has 0 heterocycles. The Labute approximate surface area is 125 Å². The van der Waals surface area contributed by atoms with Crippen LogP contribution in [0.5, 0.6) is 0 Å². The number of nitrogens with one attached hydrogen (secondary N) is 2. The molecular formula is C15H12BrN3O. The Kier molecular flexibility index (Phi) is 4.38. The molecule has 100 valence electrons. The van der Waals surface area contributed by atoms with Gasteiger partial charge in [-0.15, -0.1) is 0 Å². The van der Waals surface area contributed by atoms with Crippen molar-refractivity contribution in [1.82, 2.24) is 0 Å². The second-order valence-electron chi connectivity index (χ2n) is 4.16. The average Bonchev–Trinajstić information content (AvgIpc) is 2.38. The lowest BCUT2D eigenvalue weighted by Crippen LogP contribution is -2.05. The zero-order chi connectivity index (χ0) is 14.5. The van der Waals surface area contributed by atoms with E-state index in [9.17, 15) is 10.1 Å². The quantitative estimate of drug-likeness (QED) is 0.893. The summed E-state index contributed by atoms with van der Waals surface area (Å²) in [6, 6.07) is 15.0. The summed E-state index contributed by atoms with van der Waals surface area (Å²) in [7, 11) is 0. The largest absolute Gasteiger partial charge is 0.354 e. The number of anilines is 3. The molecule has 0 aromatic heterocycles. The van der Waals surface area contributed by atoms with Gasteiger partial charge in [0.15, 0.2) is 0 Å².